The maximum atomic E-state index is 11.2. The van der Waals surface area contributed by atoms with Crippen molar-refractivity contribution in [3.8, 4) is 5.75 Å². The van der Waals surface area contributed by atoms with Crippen molar-refractivity contribution in [2.75, 3.05) is 37.7 Å². The van der Waals surface area contributed by atoms with E-state index in [9.17, 15) is 4.21 Å². The summed E-state index contributed by atoms with van der Waals surface area (Å²) >= 11 is 3.39. The number of ether oxygens (including phenoxy) is 1. The summed E-state index contributed by atoms with van der Waals surface area (Å²) in [5.74, 6) is 2.50. The highest BCUT2D eigenvalue weighted by molar-refractivity contribution is 9.10. The molecule has 0 radical (unpaired) electrons. The number of hydrogen-bond acceptors (Lipinski definition) is 3. The second-order valence-electron chi connectivity index (χ2n) is 3.99. The molecule has 0 amide bonds. The van der Waals surface area contributed by atoms with Gasteiger partial charge in [0, 0.05) is 46.4 Å². The highest BCUT2D eigenvalue weighted by Crippen LogP contribution is 2.16. The van der Waals surface area contributed by atoms with E-state index < -0.39 is 10.8 Å². The lowest BCUT2D eigenvalue weighted by atomic mass is 10.3. The predicted molar refractivity (Wildman–Crippen MR) is 74.0 cm³/mol. The maximum absolute atomic E-state index is 11.2. The number of hydrogen-bond donors (Lipinski definition) is 0. The molecule has 17 heavy (non-hydrogen) atoms. The third kappa shape index (κ3) is 4.41. The minimum absolute atomic E-state index is 0.593. The van der Waals surface area contributed by atoms with Crippen molar-refractivity contribution in [2.24, 2.45) is 0 Å². The van der Waals surface area contributed by atoms with Crippen LogP contribution in [0.15, 0.2) is 28.7 Å². The molecule has 0 atom stereocenters. The fourth-order valence-electron chi connectivity index (χ4n) is 1.72. The normalized spacial score (nSPS) is 18.2. The van der Waals surface area contributed by atoms with Gasteiger partial charge in [-0.05, 0) is 24.3 Å². The molecule has 1 saturated heterocycles. The number of rotatable bonds is 4. The van der Waals surface area contributed by atoms with Crippen molar-refractivity contribution in [3.05, 3.63) is 28.7 Å². The molecule has 1 heterocycles. The third-order valence-electron chi connectivity index (χ3n) is 2.76. The number of nitrogens with zero attached hydrogens (tertiary/aromatic N) is 1. The summed E-state index contributed by atoms with van der Waals surface area (Å²) in [5, 5.41) is 0. The highest BCUT2D eigenvalue weighted by atomic mass is 79.9. The van der Waals surface area contributed by atoms with E-state index in [1.165, 1.54) is 0 Å². The second kappa shape index (κ2) is 6.52. The molecular formula is C12H16BrNO2S. The van der Waals surface area contributed by atoms with Crippen LogP contribution in [0.5, 0.6) is 5.75 Å². The van der Waals surface area contributed by atoms with Gasteiger partial charge >= 0.3 is 0 Å². The fraction of sp³-hybridized carbons (Fsp3) is 0.500. The Kier molecular flexibility index (Phi) is 5.00. The van der Waals surface area contributed by atoms with Gasteiger partial charge in [-0.15, -0.1) is 0 Å². The van der Waals surface area contributed by atoms with Gasteiger partial charge in [0.15, 0.2) is 0 Å². The Morgan fingerprint density at radius 3 is 2.53 bits per heavy atom. The second-order valence-corrected chi connectivity index (χ2v) is 6.60. The van der Waals surface area contributed by atoms with E-state index in [1.54, 1.807) is 0 Å². The quantitative estimate of drug-likeness (QED) is 0.849. The van der Waals surface area contributed by atoms with E-state index in [0.29, 0.717) is 6.61 Å². The van der Waals surface area contributed by atoms with Crippen molar-refractivity contribution >= 4 is 26.7 Å². The van der Waals surface area contributed by atoms with Gasteiger partial charge in [-0.3, -0.25) is 9.11 Å². The summed E-state index contributed by atoms with van der Waals surface area (Å²) in [6.45, 7) is 3.45. The van der Waals surface area contributed by atoms with E-state index in [0.717, 1.165) is 41.4 Å². The van der Waals surface area contributed by atoms with Crippen LogP contribution in [-0.4, -0.2) is 46.9 Å². The first-order chi connectivity index (χ1) is 8.24. The lowest BCUT2D eigenvalue weighted by molar-refractivity contribution is 0.221. The molecule has 1 aliphatic heterocycles. The van der Waals surface area contributed by atoms with Crippen LogP contribution in [0.2, 0.25) is 0 Å². The number of benzene rings is 1. The Balaban J connectivity index is 1.69. The van der Waals surface area contributed by atoms with Crippen LogP contribution in [0.4, 0.5) is 0 Å². The van der Waals surface area contributed by atoms with Gasteiger partial charge in [-0.1, -0.05) is 15.9 Å². The van der Waals surface area contributed by atoms with Crippen LogP contribution >= 0.6 is 15.9 Å². The molecule has 1 aliphatic rings. The predicted octanol–water partition coefficient (Wildman–Crippen LogP) is 1.89. The van der Waals surface area contributed by atoms with E-state index in [4.69, 9.17) is 4.74 Å². The average Bonchev–Trinajstić information content (AvgIpc) is 2.34. The Morgan fingerprint density at radius 1 is 1.24 bits per heavy atom. The first kappa shape index (κ1) is 13.1. The summed E-state index contributed by atoms with van der Waals surface area (Å²) in [4.78, 5) is 2.31. The highest BCUT2D eigenvalue weighted by Gasteiger charge is 2.14. The van der Waals surface area contributed by atoms with Gasteiger partial charge in [0.05, 0.1) is 0 Å². The Hall–Kier alpha value is -0.390. The SMILES string of the molecule is O=S1CCN(CCOc2ccc(Br)cc2)CC1. The Bertz CT molecular complexity index is 373. The zero-order chi connectivity index (χ0) is 12.1. The van der Waals surface area contributed by atoms with Crippen molar-refractivity contribution in [2.45, 2.75) is 0 Å². The molecule has 0 unspecified atom stereocenters. The van der Waals surface area contributed by atoms with Crippen LogP contribution in [0.25, 0.3) is 0 Å². The lowest BCUT2D eigenvalue weighted by Gasteiger charge is -2.25. The van der Waals surface area contributed by atoms with Crippen molar-refractivity contribution in [1.29, 1.82) is 0 Å². The fourth-order valence-corrected chi connectivity index (χ4v) is 3.11. The van der Waals surface area contributed by atoms with Crippen molar-refractivity contribution in [1.82, 2.24) is 4.90 Å². The molecule has 94 valence electrons. The van der Waals surface area contributed by atoms with E-state index in [2.05, 4.69) is 20.8 Å². The molecule has 3 nitrogen and oxygen atoms in total. The minimum atomic E-state index is -0.593. The van der Waals surface area contributed by atoms with Gasteiger partial charge in [0.1, 0.15) is 12.4 Å². The molecule has 0 N–H and O–H groups in total. The number of halogens is 1. The van der Waals surface area contributed by atoms with Crippen LogP contribution < -0.4 is 4.74 Å². The summed E-state index contributed by atoms with van der Waals surface area (Å²) in [7, 11) is -0.593. The smallest absolute Gasteiger partial charge is 0.119 e. The van der Waals surface area contributed by atoms with Gasteiger partial charge in [0.25, 0.3) is 0 Å². The van der Waals surface area contributed by atoms with Crippen LogP contribution in [-0.2, 0) is 10.8 Å². The lowest BCUT2D eigenvalue weighted by Crippen LogP contribution is -2.39. The summed E-state index contributed by atoms with van der Waals surface area (Å²) in [5.41, 5.74) is 0. The molecule has 5 heteroatoms. The van der Waals surface area contributed by atoms with E-state index >= 15 is 0 Å². The van der Waals surface area contributed by atoms with Crippen LogP contribution in [0, 0.1) is 0 Å². The summed E-state index contributed by atoms with van der Waals surface area (Å²) in [6.07, 6.45) is 0. The summed E-state index contributed by atoms with van der Waals surface area (Å²) < 4.78 is 17.9. The first-order valence-corrected chi connectivity index (χ1v) is 7.98. The Labute approximate surface area is 113 Å². The molecule has 0 saturated carbocycles. The Morgan fingerprint density at radius 2 is 1.88 bits per heavy atom. The molecule has 0 aliphatic carbocycles. The molecule has 0 aromatic heterocycles. The van der Waals surface area contributed by atoms with Crippen LogP contribution in [0.1, 0.15) is 0 Å². The molecule has 1 aromatic rings. The standard InChI is InChI=1S/C12H16BrNO2S/c13-11-1-3-12(4-2-11)16-8-5-14-6-9-17(15)10-7-14/h1-4H,5-10H2. The molecule has 2 rings (SSSR count). The van der Waals surface area contributed by atoms with E-state index in [-0.39, 0.29) is 0 Å². The third-order valence-corrected chi connectivity index (χ3v) is 4.56. The topological polar surface area (TPSA) is 29.5 Å². The van der Waals surface area contributed by atoms with Gasteiger partial charge in [0.2, 0.25) is 0 Å². The summed E-state index contributed by atoms with van der Waals surface area (Å²) in [6, 6.07) is 7.85. The average molecular weight is 318 g/mol. The maximum Gasteiger partial charge on any atom is 0.119 e. The minimum Gasteiger partial charge on any atom is -0.492 e. The van der Waals surface area contributed by atoms with Gasteiger partial charge < -0.3 is 4.74 Å². The molecular weight excluding hydrogens is 302 g/mol. The zero-order valence-electron chi connectivity index (χ0n) is 9.60. The van der Waals surface area contributed by atoms with Crippen molar-refractivity contribution < 1.29 is 8.95 Å². The molecule has 1 fully saturated rings. The molecule has 1 aromatic carbocycles. The van der Waals surface area contributed by atoms with Gasteiger partial charge in [-0.2, -0.15) is 0 Å². The molecule has 0 spiro atoms. The van der Waals surface area contributed by atoms with Crippen molar-refractivity contribution in [3.63, 3.8) is 0 Å². The largest absolute Gasteiger partial charge is 0.492 e. The zero-order valence-corrected chi connectivity index (χ0v) is 12.0. The van der Waals surface area contributed by atoms with Crippen LogP contribution in [0.3, 0.4) is 0 Å². The first-order valence-electron chi connectivity index (χ1n) is 5.70. The monoisotopic (exact) mass is 317 g/mol. The van der Waals surface area contributed by atoms with Gasteiger partial charge in [-0.25, -0.2) is 0 Å². The van der Waals surface area contributed by atoms with E-state index in [1.807, 2.05) is 24.3 Å². The molecule has 0 bridgehead atoms.